The number of anilines is 3. The molecule has 0 fully saturated rings. The number of methoxy groups -OCH3 is 2. The Morgan fingerprint density at radius 1 is 0.810 bits per heavy atom. The normalized spacial score (nSPS) is 11.9. The molecule has 0 radical (unpaired) electrons. The van der Waals surface area contributed by atoms with Crippen molar-refractivity contribution in [3.63, 3.8) is 0 Å². The number of nitrogens with zero attached hydrogens (tertiary/aromatic N) is 2. The van der Waals surface area contributed by atoms with E-state index in [0.29, 0.717) is 16.0 Å². The maximum Gasteiger partial charge on any atom is 0.346 e. The second kappa shape index (κ2) is 11.0. The lowest BCUT2D eigenvalue weighted by molar-refractivity contribution is -0.132. The van der Waals surface area contributed by atoms with Crippen molar-refractivity contribution in [1.29, 1.82) is 5.26 Å². The van der Waals surface area contributed by atoms with Crippen LogP contribution in [0.2, 0.25) is 0 Å². The molecule has 0 saturated heterocycles. The largest absolute Gasteiger partial charge is 0.497 e. The van der Waals surface area contributed by atoms with Crippen molar-refractivity contribution in [3.8, 4) is 37.8 Å². The molecular formula is C33H22N2O5S2. The maximum atomic E-state index is 13.2. The Morgan fingerprint density at radius 2 is 1.31 bits per heavy atom. The van der Waals surface area contributed by atoms with E-state index in [-0.39, 0.29) is 11.4 Å². The SMILES string of the molecule is COc1ccc(N(c2ccc(OC)cc2)c2ccc(-c3cc4c(s3)-c3sc(C=C(C#N)C(=O)O)cc3C4=O)cc2)cc1. The molecule has 1 N–H and O–H groups in total. The molecule has 2 aromatic heterocycles. The molecule has 0 amide bonds. The van der Waals surface area contributed by atoms with E-state index < -0.39 is 5.97 Å². The Hall–Kier alpha value is -5.17. The van der Waals surface area contributed by atoms with Gasteiger partial charge in [-0.15, -0.1) is 22.7 Å². The number of hydrogen-bond donors (Lipinski definition) is 1. The third-order valence-corrected chi connectivity index (χ3v) is 9.32. The highest BCUT2D eigenvalue weighted by atomic mass is 32.1. The number of carboxylic acids is 1. The average Bonchev–Trinajstić information content (AvgIpc) is 3.70. The summed E-state index contributed by atoms with van der Waals surface area (Å²) in [5, 5.41) is 18.3. The van der Waals surface area contributed by atoms with Crippen LogP contribution in [0.5, 0.6) is 11.5 Å². The van der Waals surface area contributed by atoms with Crippen LogP contribution >= 0.6 is 22.7 Å². The molecule has 0 bridgehead atoms. The second-order valence-corrected chi connectivity index (χ2v) is 11.5. The van der Waals surface area contributed by atoms with Gasteiger partial charge in [-0.2, -0.15) is 5.26 Å². The lowest BCUT2D eigenvalue weighted by Gasteiger charge is -2.26. The minimum absolute atomic E-state index is 0.0889. The van der Waals surface area contributed by atoms with Crippen LogP contribution in [0, 0.1) is 11.3 Å². The lowest BCUT2D eigenvalue weighted by atomic mass is 10.1. The zero-order chi connectivity index (χ0) is 29.4. The van der Waals surface area contributed by atoms with Gasteiger partial charge in [-0.25, -0.2) is 4.79 Å². The molecule has 0 spiro atoms. The van der Waals surface area contributed by atoms with E-state index in [4.69, 9.17) is 14.7 Å². The van der Waals surface area contributed by atoms with Gasteiger partial charge in [-0.1, -0.05) is 12.1 Å². The molecule has 7 nitrogen and oxygen atoms in total. The van der Waals surface area contributed by atoms with Crippen LogP contribution in [0.4, 0.5) is 17.1 Å². The molecule has 42 heavy (non-hydrogen) atoms. The van der Waals surface area contributed by atoms with Crippen molar-refractivity contribution in [3.05, 3.63) is 107 Å². The van der Waals surface area contributed by atoms with E-state index in [0.717, 1.165) is 48.8 Å². The van der Waals surface area contributed by atoms with Gasteiger partial charge >= 0.3 is 5.97 Å². The smallest absolute Gasteiger partial charge is 0.346 e. The Labute approximate surface area is 249 Å². The third kappa shape index (κ3) is 4.83. The molecule has 5 aromatic rings. The third-order valence-electron chi connectivity index (χ3n) is 6.89. The first-order valence-electron chi connectivity index (χ1n) is 12.8. The zero-order valence-electron chi connectivity index (χ0n) is 22.5. The number of nitriles is 1. The Bertz CT molecular complexity index is 1850. The first kappa shape index (κ1) is 27.0. The van der Waals surface area contributed by atoms with Gasteiger partial charge in [0, 0.05) is 37.9 Å². The highest BCUT2D eigenvalue weighted by Crippen LogP contribution is 2.49. The molecule has 0 unspecified atom stereocenters. The molecule has 6 rings (SSSR count). The zero-order valence-corrected chi connectivity index (χ0v) is 24.1. The number of aliphatic carboxylic acids is 1. The van der Waals surface area contributed by atoms with E-state index >= 15 is 0 Å². The number of rotatable bonds is 8. The molecular weight excluding hydrogens is 569 g/mol. The standard InChI is InChI=1S/C33H22N2O5S2/c1-39-24-11-7-22(8-12-24)35(23-9-13-25(40-2)14-10-23)21-5-3-19(4-6-21)29-17-28-30(36)27-16-26(15-20(18-34)33(37)38)41-31(27)32(28)42-29/h3-17H,1-2H3,(H,37,38). The minimum Gasteiger partial charge on any atom is -0.497 e. The van der Waals surface area contributed by atoms with Crippen LogP contribution in [0.25, 0.3) is 26.3 Å². The molecule has 1 aliphatic carbocycles. The fourth-order valence-corrected chi connectivity index (χ4v) is 7.22. The summed E-state index contributed by atoms with van der Waals surface area (Å²) in [5.41, 5.74) is 4.69. The van der Waals surface area contributed by atoms with Gasteiger partial charge in [0.15, 0.2) is 5.78 Å². The van der Waals surface area contributed by atoms with Crippen LogP contribution in [0.1, 0.15) is 20.8 Å². The summed E-state index contributed by atoms with van der Waals surface area (Å²) in [4.78, 5) is 29.8. The first-order chi connectivity index (χ1) is 20.4. The van der Waals surface area contributed by atoms with Gasteiger partial charge in [-0.3, -0.25) is 4.79 Å². The summed E-state index contributed by atoms with van der Waals surface area (Å²) in [7, 11) is 3.28. The van der Waals surface area contributed by atoms with Gasteiger partial charge in [0.05, 0.1) is 24.0 Å². The first-order valence-corrected chi connectivity index (χ1v) is 14.4. The highest BCUT2D eigenvalue weighted by molar-refractivity contribution is 7.25. The predicted molar refractivity (Wildman–Crippen MR) is 166 cm³/mol. The molecule has 0 atom stereocenters. The van der Waals surface area contributed by atoms with Crippen molar-refractivity contribution in [2.45, 2.75) is 0 Å². The molecule has 3 aromatic carbocycles. The average molecular weight is 591 g/mol. The number of ether oxygens (including phenoxy) is 2. The Balaban J connectivity index is 1.33. The number of thiophene rings is 2. The molecule has 0 saturated carbocycles. The molecule has 0 aliphatic heterocycles. The highest BCUT2D eigenvalue weighted by Gasteiger charge is 2.32. The predicted octanol–water partition coefficient (Wildman–Crippen LogP) is 8.17. The van der Waals surface area contributed by atoms with Crippen molar-refractivity contribution < 1.29 is 24.2 Å². The van der Waals surface area contributed by atoms with Crippen LogP contribution in [-0.2, 0) is 4.79 Å². The summed E-state index contributed by atoms with van der Waals surface area (Å²) >= 11 is 2.85. The summed E-state index contributed by atoms with van der Waals surface area (Å²) < 4.78 is 10.7. The number of carbonyl (C=O) groups is 2. The molecule has 206 valence electrons. The second-order valence-electron chi connectivity index (χ2n) is 9.33. The minimum atomic E-state index is -1.29. The van der Waals surface area contributed by atoms with E-state index in [1.165, 1.54) is 28.7 Å². The van der Waals surface area contributed by atoms with Crippen LogP contribution < -0.4 is 14.4 Å². The quantitative estimate of drug-likeness (QED) is 0.141. The lowest BCUT2D eigenvalue weighted by Crippen LogP contribution is -2.09. The summed E-state index contributed by atoms with van der Waals surface area (Å²) in [6.45, 7) is 0. The van der Waals surface area contributed by atoms with Crippen molar-refractivity contribution in [1.82, 2.24) is 0 Å². The summed E-state index contributed by atoms with van der Waals surface area (Å²) in [6, 6.07) is 29.2. The van der Waals surface area contributed by atoms with E-state index in [2.05, 4.69) is 4.90 Å². The van der Waals surface area contributed by atoms with Gasteiger partial charge in [0.2, 0.25) is 0 Å². The van der Waals surface area contributed by atoms with Crippen molar-refractivity contribution in [2.24, 2.45) is 0 Å². The van der Waals surface area contributed by atoms with Crippen LogP contribution in [0.15, 0.2) is 90.5 Å². The van der Waals surface area contributed by atoms with E-state index in [1.807, 2.05) is 78.9 Å². The number of benzene rings is 3. The number of carboxylic acid groups (broad SMARTS) is 1. The van der Waals surface area contributed by atoms with Crippen LogP contribution in [0.3, 0.4) is 0 Å². The Kier molecular flexibility index (Phi) is 7.08. The van der Waals surface area contributed by atoms with Gasteiger partial charge in [0.25, 0.3) is 0 Å². The van der Waals surface area contributed by atoms with Crippen molar-refractivity contribution >= 4 is 57.6 Å². The van der Waals surface area contributed by atoms with Gasteiger partial charge in [-0.05, 0) is 84.4 Å². The number of ketones is 1. The summed E-state index contributed by atoms with van der Waals surface area (Å²) in [5.74, 6) is 0.161. The number of hydrogen-bond acceptors (Lipinski definition) is 8. The monoisotopic (exact) mass is 590 g/mol. The maximum absolute atomic E-state index is 13.2. The fraction of sp³-hybridized carbons (Fsp3) is 0.0606. The molecule has 1 aliphatic rings. The topological polar surface area (TPSA) is 99.9 Å². The van der Waals surface area contributed by atoms with Gasteiger partial charge in [0.1, 0.15) is 23.1 Å². The Morgan fingerprint density at radius 3 is 1.81 bits per heavy atom. The summed E-state index contributed by atoms with van der Waals surface area (Å²) in [6.07, 6.45) is 1.31. The fourth-order valence-electron chi connectivity index (χ4n) is 4.80. The van der Waals surface area contributed by atoms with Crippen molar-refractivity contribution in [2.75, 3.05) is 19.1 Å². The van der Waals surface area contributed by atoms with Gasteiger partial charge < -0.3 is 19.5 Å². The number of carbonyl (C=O) groups excluding carboxylic acids is 1. The van der Waals surface area contributed by atoms with Crippen LogP contribution in [-0.4, -0.2) is 31.1 Å². The van der Waals surface area contributed by atoms with E-state index in [9.17, 15) is 14.7 Å². The molecule has 9 heteroatoms. The molecule has 2 heterocycles. The number of fused-ring (bicyclic) bond motifs is 3. The van der Waals surface area contributed by atoms with E-state index in [1.54, 1.807) is 26.4 Å².